The second kappa shape index (κ2) is 5.65. The van der Waals surface area contributed by atoms with Gasteiger partial charge in [0, 0.05) is 31.0 Å². The predicted octanol–water partition coefficient (Wildman–Crippen LogP) is 1.32. The lowest BCUT2D eigenvalue weighted by Gasteiger charge is -2.21. The molecule has 5 nitrogen and oxygen atoms in total. The molecular weight excluding hydrogens is 242 g/mol. The Balaban J connectivity index is 1.84. The van der Waals surface area contributed by atoms with Gasteiger partial charge in [-0.05, 0) is 39.7 Å². The van der Waals surface area contributed by atoms with Crippen molar-refractivity contribution < 1.29 is 9.53 Å². The summed E-state index contributed by atoms with van der Waals surface area (Å²) in [6.45, 7) is 6.96. The van der Waals surface area contributed by atoms with Crippen molar-refractivity contribution in [3.05, 3.63) is 23.3 Å². The van der Waals surface area contributed by atoms with Crippen LogP contribution in [0.2, 0.25) is 0 Å². The minimum atomic E-state index is -0.649. The summed E-state index contributed by atoms with van der Waals surface area (Å²) in [6.07, 6.45) is 2.38. The van der Waals surface area contributed by atoms with Crippen molar-refractivity contribution in [3.63, 3.8) is 0 Å². The molecule has 19 heavy (non-hydrogen) atoms. The smallest absolute Gasteiger partial charge is 0.251 e. The highest BCUT2D eigenvalue weighted by Gasteiger charge is 2.37. The summed E-state index contributed by atoms with van der Waals surface area (Å²) in [7, 11) is 0. The molecule has 0 aromatic carbocycles. The van der Waals surface area contributed by atoms with E-state index >= 15 is 0 Å². The van der Waals surface area contributed by atoms with Gasteiger partial charge >= 0.3 is 0 Å². The van der Waals surface area contributed by atoms with Gasteiger partial charge in [0.05, 0.1) is 0 Å². The van der Waals surface area contributed by atoms with E-state index in [2.05, 4.69) is 15.3 Å². The molecule has 0 unspecified atom stereocenters. The minimum Gasteiger partial charge on any atom is -0.365 e. The first-order chi connectivity index (χ1) is 8.99. The number of carbonyl (C=O) groups excluding carboxylic acids is 1. The molecule has 104 valence electrons. The maximum Gasteiger partial charge on any atom is 0.251 e. The maximum absolute atomic E-state index is 12.0. The van der Waals surface area contributed by atoms with E-state index < -0.39 is 5.60 Å². The number of hydrogen-bond acceptors (Lipinski definition) is 4. The van der Waals surface area contributed by atoms with Crippen LogP contribution in [0.5, 0.6) is 0 Å². The second-order valence-corrected chi connectivity index (χ2v) is 5.26. The van der Waals surface area contributed by atoms with Crippen LogP contribution >= 0.6 is 0 Å². The molecule has 0 radical (unpaired) electrons. The van der Waals surface area contributed by atoms with Crippen molar-refractivity contribution in [3.8, 4) is 0 Å². The molecule has 1 aliphatic heterocycles. The Kier molecular flexibility index (Phi) is 4.14. The Bertz CT molecular complexity index is 448. The molecule has 0 spiro atoms. The number of rotatable bonds is 4. The van der Waals surface area contributed by atoms with Gasteiger partial charge in [-0.3, -0.25) is 4.79 Å². The molecule has 1 saturated heterocycles. The summed E-state index contributed by atoms with van der Waals surface area (Å²) in [6, 6.07) is 1.94. The van der Waals surface area contributed by atoms with Crippen LogP contribution in [0, 0.1) is 13.8 Å². The summed E-state index contributed by atoms with van der Waals surface area (Å²) < 4.78 is 5.50. The molecule has 1 aromatic rings. The van der Waals surface area contributed by atoms with Gasteiger partial charge < -0.3 is 10.1 Å². The highest BCUT2D eigenvalue weighted by molar-refractivity contribution is 5.84. The van der Waals surface area contributed by atoms with Crippen LogP contribution in [0.3, 0.4) is 0 Å². The Morgan fingerprint density at radius 3 is 2.68 bits per heavy atom. The summed E-state index contributed by atoms with van der Waals surface area (Å²) in [4.78, 5) is 20.7. The van der Waals surface area contributed by atoms with E-state index in [1.54, 1.807) is 0 Å². The fourth-order valence-electron chi connectivity index (χ4n) is 2.34. The van der Waals surface area contributed by atoms with Gasteiger partial charge in [-0.2, -0.15) is 0 Å². The Labute approximate surface area is 113 Å². The summed E-state index contributed by atoms with van der Waals surface area (Å²) in [5.41, 5.74) is 1.27. The van der Waals surface area contributed by atoms with E-state index in [0.717, 1.165) is 30.1 Å². The molecule has 1 fully saturated rings. The molecule has 1 aliphatic rings. The van der Waals surface area contributed by atoms with Gasteiger partial charge in [-0.25, -0.2) is 9.97 Å². The van der Waals surface area contributed by atoms with Crippen molar-refractivity contribution >= 4 is 5.91 Å². The van der Waals surface area contributed by atoms with Gasteiger partial charge in [-0.1, -0.05) is 0 Å². The lowest BCUT2D eigenvalue weighted by Crippen LogP contribution is -2.44. The highest BCUT2D eigenvalue weighted by atomic mass is 16.5. The van der Waals surface area contributed by atoms with Crippen LogP contribution in [0.25, 0.3) is 0 Å². The van der Waals surface area contributed by atoms with Crippen LogP contribution in [0.1, 0.15) is 37.0 Å². The van der Waals surface area contributed by atoms with Crippen molar-refractivity contribution in [2.24, 2.45) is 0 Å². The van der Waals surface area contributed by atoms with E-state index in [1.807, 2.05) is 26.8 Å². The second-order valence-electron chi connectivity index (χ2n) is 5.26. The van der Waals surface area contributed by atoms with Crippen LogP contribution < -0.4 is 5.32 Å². The topological polar surface area (TPSA) is 64.1 Å². The maximum atomic E-state index is 12.0. The van der Waals surface area contributed by atoms with Gasteiger partial charge in [0.15, 0.2) is 0 Å². The zero-order valence-corrected chi connectivity index (χ0v) is 11.8. The highest BCUT2D eigenvalue weighted by Crippen LogP contribution is 2.24. The molecular formula is C14H21N3O2. The quantitative estimate of drug-likeness (QED) is 0.890. The average Bonchev–Trinajstić information content (AvgIpc) is 2.76. The third kappa shape index (κ3) is 3.50. The minimum absolute atomic E-state index is 0.0330. The number of aryl methyl sites for hydroxylation is 2. The lowest BCUT2D eigenvalue weighted by atomic mass is 10.0. The molecule has 0 saturated carbocycles. The number of hydrogen-bond donors (Lipinski definition) is 1. The Morgan fingerprint density at radius 2 is 2.11 bits per heavy atom. The van der Waals surface area contributed by atoms with Crippen molar-refractivity contribution in [1.82, 2.24) is 15.3 Å². The molecule has 2 rings (SSSR count). The first-order valence-electron chi connectivity index (χ1n) is 6.73. The van der Waals surface area contributed by atoms with Crippen LogP contribution in [-0.2, 0) is 16.0 Å². The average molecular weight is 263 g/mol. The number of nitrogens with zero attached hydrogens (tertiary/aromatic N) is 2. The van der Waals surface area contributed by atoms with Gasteiger partial charge in [0.1, 0.15) is 11.4 Å². The summed E-state index contributed by atoms with van der Waals surface area (Å²) in [5.74, 6) is 0.740. The van der Waals surface area contributed by atoms with Crippen molar-refractivity contribution in [1.29, 1.82) is 0 Å². The first kappa shape index (κ1) is 13.9. The van der Waals surface area contributed by atoms with Gasteiger partial charge in [0.25, 0.3) is 5.91 Å². The summed E-state index contributed by atoms with van der Waals surface area (Å²) in [5, 5.41) is 2.91. The molecule has 2 heterocycles. The van der Waals surface area contributed by atoms with Gasteiger partial charge in [0.2, 0.25) is 0 Å². The van der Waals surface area contributed by atoms with Crippen molar-refractivity contribution in [2.45, 2.75) is 45.6 Å². The van der Waals surface area contributed by atoms with Gasteiger partial charge in [-0.15, -0.1) is 0 Å². The summed E-state index contributed by atoms with van der Waals surface area (Å²) >= 11 is 0. The number of ether oxygens (including phenoxy) is 1. The van der Waals surface area contributed by atoms with Crippen LogP contribution in [-0.4, -0.2) is 34.6 Å². The Hall–Kier alpha value is -1.49. The third-order valence-electron chi connectivity index (χ3n) is 3.36. The first-order valence-corrected chi connectivity index (χ1v) is 6.73. The molecule has 0 aliphatic carbocycles. The fraction of sp³-hybridized carbons (Fsp3) is 0.643. The molecule has 1 aromatic heterocycles. The predicted molar refractivity (Wildman–Crippen MR) is 71.8 cm³/mol. The molecule has 1 atom stereocenters. The largest absolute Gasteiger partial charge is 0.365 e. The molecule has 5 heteroatoms. The van der Waals surface area contributed by atoms with E-state index in [1.165, 1.54) is 0 Å². The zero-order chi connectivity index (χ0) is 13.9. The SMILES string of the molecule is Cc1cc(C)nc(CCNC(=O)[C@@]2(C)CCCO2)n1. The van der Waals surface area contributed by atoms with Crippen LogP contribution in [0.15, 0.2) is 6.07 Å². The zero-order valence-electron chi connectivity index (χ0n) is 11.8. The van der Waals surface area contributed by atoms with E-state index in [-0.39, 0.29) is 5.91 Å². The number of aromatic nitrogens is 2. The number of nitrogens with one attached hydrogen (secondary N) is 1. The fourth-order valence-corrected chi connectivity index (χ4v) is 2.34. The monoisotopic (exact) mass is 263 g/mol. The van der Waals surface area contributed by atoms with Crippen LogP contribution in [0.4, 0.5) is 0 Å². The lowest BCUT2D eigenvalue weighted by molar-refractivity contribution is -0.139. The molecule has 0 bridgehead atoms. The normalized spacial score (nSPS) is 22.5. The van der Waals surface area contributed by atoms with Crippen molar-refractivity contribution in [2.75, 3.05) is 13.2 Å². The van der Waals surface area contributed by atoms with E-state index in [9.17, 15) is 4.79 Å². The van der Waals surface area contributed by atoms with E-state index in [4.69, 9.17) is 4.74 Å². The van der Waals surface area contributed by atoms with E-state index in [0.29, 0.717) is 19.6 Å². The third-order valence-corrected chi connectivity index (χ3v) is 3.36. The standard InChI is InChI=1S/C14H21N3O2/c1-10-9-11(2)17-12(16-10)5-7-15-13(18)14(3)6-4-8-19-14/h9H,4-8H2,1-3H3,(H,15,18)/t14-/m1/s1. The molecule has 1 amide bonds. The number of amides is 1. The number of carbonyl (C=O) groups is 1. The Morgan fingerprint density at radius 1 is 1.42 bits per heavy atom. The molecule has 1 N–H and O–H groups in total.